The van der Waals surface area contributed by atoms with Crippen LogP contribution in [0.3, 0.4) is 0 Å². The zero-order valence-corrected chi connectivity index (χ0v) is 15.4. The minimum Gasteiger partial charge on any atom is -0.308 e. The van der Waals surface area contributed by atoms with Crippen molar-refractivity contribution in [1.29, 1.82) is 0 Å². The number of rotatable bonds is 6. The first-order valence-corrected chi connectivity index (χ1v) is 8.41. The van der Waals surface area contributed by atoms with Gasteiger partial charge in [-0.1, -0.05) is 12.1 Å². The Bertz CT molecular complexity index is 1110. The lowest BCUT2D eigenvalue weighted by Crippen LogP contribution is -2.21. The van der Waals surface area contributed by atoms with E-state index in [0.29, 0.717) is 10.2 Å². The number of carbonyl (C=O) groups excluding carboxylic acids is 1. The summed E-state index contributed by atoms with van der Waals surface area (Å²) in [6.45, 7) is 0.619. The number of nitrogens with zero attached hydrogens (tertiary/aromatic N) is 5. The molecule has 0 radical (unpaired) electrons. The van der Waals surface area contributed by atoms with E-state index in [1.54, 1.807) is 6.07 Å². The average Bonchev–Trinajstić information content (AvgIpc) is 3.19. The fourth-order valence-electron chi connectivity index (χ4n) is 2.76. The van der Waals surface area contributed by atoms with E-state index in [1.165, 1.54) is 35.1 Å². The molecule has 9 nitrogen and oxygen atoms in total. The lowest BCUT2D eigenvalue weighted by Gasteiger charge is -2.05. The van der Waals surface area contributed by atoms with Gasteiger partial charge in [0.15, 0.2) is 5.82 Å². The monoisotopic (exact) mass is 426 g/mol. The van der Waals surface area contributed by atoms with Crippen LogP contribution in [0.25, 0.3) is 0 Å². The van der Waals surface area contributed by atoms with Crippen LogP contribution >= 0.6 is 0 Å². The summed E-state index contributed by atoms with van der Waals surface area (Å²) in [7, 11) is 0. The van der Waals surface area contributed by atoms with E-state index in [9.17, 15) is 32.5 Å². The van der Waals surface area contributed by atoms with Crippen molar-refractivity contribution >= 4 is 17.4 Å². The Kier molecular flexibility index (Phi) is 5.54. The second-order valence-electron chi connectivity index (χ2n) is 6.27. The standard InChI is InChI=1S/C17H14F4N6O3/c1-10-15(27(29)30)16(17(19,20)21)24-26(10)9-14(28)22-13-5-6-25(23-13)8-11-3-2-4-12(18)7-11/h2-7H,8-9H2,1H3,(H,22,23,28). The van der Waals surface area contributed by atoms with Crippen molar-refractivity contribution in [3.8, 4) is 0 Å². The van der Waals surface area contributed by atoms with Gasteiger partial charge in [0.05, 0.1) is 11.5 Å². The highest BCUT2D eigenvalue weighted by Crippen LogP contribution is 2.36. The van der Waals surface area contributed by atoms with Crippen LogP contribution in [0.15, 0.2) is 36.5 Å². The number of nitro groups is 1. The molecule has 0 unspecified atom stereocenters. The van der Waals surface area contributed by atoms with Crippen LogP contribution in [0.2, 0.25) is 0 Å². The van der Waals surface area contributed by atoms with Crippen molar-refractivity contribution in [2.24, 2.45) is 0 Å². The van der Waals surface area contributed by atoms with Crippen LogP contribution in [0.5, 0.6) is 0 Å². The third kappa shape index (κ3) is 4.61. The Morgan fingerprint density at radius 3 is 2.60 bits per heavy atom. The molecule has 0 atom stereocenters. The van der Waals surface area contributed by atoms with Crippen molar-refractivity contribution in [3.63, 3.8) is 0 Å². The van der Waals surface area contributed by atoms with Crippen molar-refractivity contribution in [3.05, 3.63) is 69.4 Å². The number of alkyl halides is 3. The number of halogens is 4. The zero-order valence-electron chi connectivity index (χ0n) is 15.4. The molecule has 30 heavy (non-hydrogen) atoms. The first-order valence-electron chi connectivity index (χ1n) is 8.41. The third-order valence-corrected chi connectivity index (χ3v) is 4.06. The smallest absolute Gasteiger partial charge is 0.308 e. The first-order chi connectivity index (χ1) is 14.0. The van der Waals surface area contributed by atoms with Gasteiger partial charge in [-0.25, -0.2) is 4.39 Å². The topological polar surface area (TPSA) is 108 Å². The van der Waals surface area contributed by atoms with E-state index in [2.05, 4.69) is 15.5 Å². The Morgan fingerprint density at radius 1 is 1.27 bits per heavy atom. The van der Waals surface area contributed by atoms with E-state index in [-0.39, 0.29) is 12.4 Å². The van der Waals surface area contributed by atoms with Crippen LogP contribution < -0.4 is 5.32 Å². The number of hydrogen-bond acceptors (Lipinski definition) is 5. The van der Waals surface area contributed by atoms with Gasteiger partial charge in [-0.05, 0) is 24.6 Å². The maximum absolute atomic E-state index is 13.2. The van der Waals surface area contributed by atoms with Gasteiger partial charge in [-0.2, -0.15) is 23.4 Å². The quantitative estimate of drug-likeness (QED) is 0.370. The van der Waals surface area contributed by atoms with Crippen LogP contribution in [-0.4, -0.2) is 30.4 Å². The summed E-state index contributed by atoms with van der Waals surface area (Å²) in [5.41, 5.74) is -2.64. The summed E-state index contributed by atoms with van der Waals surface area (Å²) in [5, 5.41) is 20.6. The molecule has 1 aromatic carbocycles. The molecule has 3 aromatic rings. The highest BCUT2D eigenvalue weighted by atomic mass is 19.4. The van der Waals surface area contributed by atoms with Crippen LogP contribution in [0.4, 0.5) is 29.1 Å². The molecule has 1 N–H and O–H groups in total. The number of hydrogen-bond donors (Lipinski definition) is 1. The van der Waals surface area contributed by atoms with E-state index >= 15 is 0 Å². The summed E-state index contributed by atoms with van der Waals surface area (Å²) >= 11 is 0. The van der Waals surface area contributed by atoms with Gasteiger partial charge in [-0.15, -0.1) is 0 Å². The van der Waals surface area contributed by atoms with Crippen molar-refractivity contribution in [2.45, 2.75) is 26.2 Å². The molecule has 2 heterocycles. The van der Waals surface area contributed by atoms with E-state index in [1.807, 2.05) is 0 Å². The number of carbonyl (C=O) groups is 1. The molecule has 0 aliphatic rings. The molecule has 158 valence electrons. The number of anilines is 1. The molecule has 1 amide bonds. The van der Waals surface area contributed by atoms with Gasteiger partial charge in [0, 0.05) is 12.3 Å². The summed E-state index contributed by atoms with van der Waals surface area (Å²) in [6, 6.07) is 7.29. The summed E-state index contributed by atoms with van der Waals surface area (Å²) in [6.07, 6.45) is -3.52. The molecular formula is C17H14F4N6O3. The number of aromatic nitrogens is 4. The van der Waals surface area contributed by atoms with Crippen molar-refractivity contribution in [1.82, 2.24) is 19.6 Å². The third-order valence-electron chi connectivity index (χ3n) is 4.06. The lowest BCUT2D eigenvalue weighted by atomic mass is 10.2. The Morgan fingerprint density at radius 2 is 2.00 bits per heavy atom. The minimum absolute atomic E-state index is 0.103. The summed E-state index contributed by atoms with van der Waals surface area (Å²) in [5.74, 6) is -1.08. The Hall–Kier alpha value is -3.77. The van der Waals surface area contributed by atoms with E-state index in [4.69, 9.17) is 0 Å². The first kappa shape index (κ1) is 21.0. The fraction of sp³-hybridized carbons (Fsp3) is 0.235. The molecular weight excluding hydrogens is 412 g/mol. The minimum atomic E-state index is -5.04. The molecule has 0 saturated carbocycles. The van der Waals surface area contributed by atoms with Crippen LogP contribution in [0, 0.1) is 22.9 Å². The van der Waals surface area contributed by atoms with Gasteiger partial charge < -0.3 is 5.32 Å². The fourth-order valence-corrected chi connectivity index (χ4v) is 2.76. The number of amides is 1. The van der Waals surface area contributed by atoms with Gasteiger partial charge in [0.25, 0.3) is 0 Å². The molecule has 0 bridgehead atoms. The Balaban J connectivity index is 1.71. The largest absolute Gasteiger partial charge is 0.442 e. The van der Waals surface area contributed by atoms with Crippen LogP contribution in [-0.2, 0) is 24.1 Å². The summed E-state index contributed by atoms with van der Waals surface area (Å²) in [4.78, 5) is 21.9. The van der Waals surface area contributed by atoms with Gasteiger partial charge in [0.1, 0.15) is 18.1 Å². The molecule has 0 aliphatic heterocycles. The lowest BCUT2D eigenvalue weighted by molar-refractivity contribution is -0.388. The molecule has 0 spiro atoms. The zero-order chi connectivity index (χ0) is 22.1. The molecule has 0 fully saturated rings. The normalized spacial score (nSPS) is 11.5. The van der Waals surface area contributed by atoms with Crippen molar-refractivity contribution in [2.75, 3.05) is 5.32 Å². The Labute approximate surface area is 166 Å². The van der Waals surface area contributed by atoms with E-state index < -0.39 is 46.4 Å². The number of benzene rings is 1. The average molecular weight is 426 g/mol. The number of nitrogens with one attached hydrogen (secondary N) is 1. The van der Waals surface area contributed by atoms with Gasteiger partial charge in [-0.3, -0.25) is 24.3 Å². The molecule has 3 rings (SSSR count). The predicted molar refractivity (Wildman–Crippen MR) is 95.0 cm³/mol. The second kappa shape index (κ2) is 7.93. The van der Waals surface area contributed by atoms with Crippen molar-refractivity contribution < 1.29 is 27.3 Å². The van der Waals surface area contributed by atoms with E-state index in [0.717, 1.165) is 6.92 Å². The van der Waals surface area contributed by atoms with Gasteiger partial charge in [0.2, 0.25) is 11.6 Å². The molecule has 0 aliphatic carbocycles. The predicted octanol–water partition coefficient (Wildman–Crippen LogP) is 3.14. The summed E-state index contributed by atoms with van der Waals surface area (Å²) < 4.78 is 54.2. The van der Waals surface area contributed by atoms with Crippen LogP contribution in [0.1, 0.15) is 17.0 Å². The molecule has 2 aromatic heterocycles. The second-order valence-corrected chi connectivity index (χ2v) is 6.27. The highest BCUT2D eigenvalue weighted by molar-refractivity contribution is 5.89. The molecule has 0 saturated heterocycles. The highest BCUT2D eigenvalue weighted by Gasteiger charge is 2.44. The van der Waals surface area contributed by atoms with Gasteiger partial charge >= 0.3 is 11.9 Å². The SMILES string of the molecule is Cc1c([N+](=O)[O-])c(C(F)(F)F)nn1CC(=O)Nc1ccn(Cc2cccc(F)c2)n1. The molecule has 13 heteroatoms. The maximum Gasteiger partial charge on any atom is 0.442 e. The maximum atomic E-state index is 13.2.